The van der Waals surface area contributed by atoms with Gasteiger partial charge in [-0.15, -0.1) is 34.8 Å². The molecule has 2 aliphatic rings. The van der Waals surface area contributed by atoms with Crippen LogP contribution in [0.3, 0.4) is 0 Å². The fraction of sp³-hybridized carbons (Fsp3) is 0.472. The molecule has 2 aliphatic carbocycles. The van der Waals surface area contributed by atoms with Crippen molar-refractivity contribution >= 4 is 57.9 Å². The largest absolute Gasteiger partial charge is 0.294 e. The lowest BCUT2D eigenvalue weighted by atomic mass is 9.74. The Kier molecular flexibility index (Phi) is 12.4. The predicted octanol–water partition coefficient (Wildman–Crippen LogP) is 14.2. The molecule has 4 nitrogen and oxygen atoms in total. The van der Waals surface area contributed by atoms with Crippen molar-refractivity contribution in [3.05, 3.63) is 141 Å². The maximum Gasteiger partial charge on any atom is 0.183 e. The van der Waals surface area contributed by atoms with Crippen LogP contribution in [0, 0.1) is 5.41 Å². The summed E-state index contributed by atoms with van der Waals surface area (Å²) in [7, 11) is 0. The Morgan fingerprint density at radius 2 is 0.700 bits per heavy atom. The molecule has 0 heterocycles. The van der Waals surface area contributed by atoms with Crippen LogP contribution in [0.5, 0.6) is 0 Å². The smallest absolute Gasteiger partial charge is 0.183 e. The van der Waals surface area contributed by atoms with Gasteiger partial charge in [-0.1, -0.05) is 135 Å². The molecule has 320 valence electrons. The first kappa shape index (κ1) is 47.5. The van der Waals surface area contributed by atoms with Crippen LogP contribution in [-0.4, -0.2) is 37.8 Å². The standard InChI is InChI=1S/C27H33ClO2.C26H30Cl2O2/c1-24(2,3)22(29)17-9-12-19(13-10-17)27(8)16-25(4,5)21-15-18(11-14-20(21)27)23(30)26(6,7)28;1-23(2)15-26(7,18-11-8-16(9-12-18)21(29)24(3,4)27)20-14-17(10-13-19(20)23)22(30)25(5,6)28/h9-15H,16H2,1-8H3;8-14H,15H2,1-7H3. The number of hydrogen-bond acceptors (Lipinski definition) is 4. The number of carbonyl (C=O) groups is 4. The summed E-state index contributed by atoms with van der Waals surface area (Å²) in [5.41, 5.74) is 8.84. The first-order valence-corrected chi connectivity index (χ1v) is 22.1. The molecule has 2 atom stereocenters. The molecular formula is C53H63Cl3O4. The summed E-state index contributed by atoms with van der Waals surface area (Å²) in [5, 5.41) is 0. The third kappa shape index (κ3) is 9.13. The molecule has 0 aromatic heterocycles. The molecule has 0 spiro atoms. The van der Waals surface area contributed by atoms with Gasteiger partial charge in [-0.2, -0.15) is 0 Å². The van der Waals surface area contributed by atoms with Crippen LogP contribution < -0.4 is 0 Å². The predicted molar refractivity (Wildman–Crippen MR) is 251 cm³/mol. The molecule has 4 aromatic carbocycles. The molecule has 7 heteroatoms. The maximum atomic E-state index is 12.8. The fourth-order valence-corrected chi connectivity index (χ4v) is 9.89. The lowest BCUT2D eigenvalue weighted by Crippen LogP contribution is -2.27. The molecule has 0 fully saturated rings. The van der Waals surface area contributed by atoms with Crippen LogP contribution >= 0.6 is 34.8 Å². The summed E-state index contributed by atoms with van der Waals surface area (Å²) in [5.74, 6) is -0.0748. The zero-order chi connectivity index (χ0) is 45.4. The van der Waals surface area contributed by atoms with E-state index < -0.39 is 20.0 Å². The quantitative estimate of drug-likeness (QED) is 0.124. The lowest BCUT2D eigenvalue weighted by molar-refractivity contribution is 0.0857. The third-order valence-electron chi connectivity index (χ3n) is 12.7. The molecule has 0 saturated carbocycles. The first-order chi connectivity index (χ1) is 27.1. The number of benzene rings is 4. The second-order valence-electron chi connectivity index (χ2n) is 21.4. The van der Waals surface area contributed by atoms with Crippen molar-refractivity contribution in [3.63, 3.8) is 0 Å². The molecule has 0 bridgehead atoms. The second kappa shape index (κ2) is 15.7. The molecule has 0 N–H and O–H groups in total. The van der Waals surface area contributed by atoms with Crippen molar-refractivity contribution < 1.29 is 19.2 Å². The average Bonchev–Trinajstić information content (AvgIpc) is 3.49. The van der Waals surface area contributed by atoms with Gasteiger partial charge in [0.25, 0.3) is 0 Å². The minimum atomic E-state index is -0.949. The Hall–Kier alpha value is -3.57. The van der Waals surface area contributed by atoms with Gasteiger partial charge in [0, 0.05) is 38.5 Å². The minimum absolute atomic E-state index is 0.0330. The van der Waals surface area contributed by atoms with Crippen LogP contribution in [0.4, 0.5) is 0 Å². The van der Waals surface area contributed by atoms with E-state index in [-0.39, 0.29) is 44.8 Å². The van der Waals surface area contributed by atoms with E-state index in [1.54, 1.807) is 41.5 Å². The Morgan fingerprint density at radius 1 is 0.400 bits per heavy atom. The molecule has 0 radical (unpaired) electrons. The summed E-state index contributed by atoms with van der Waals surface area (Å²) in [4.78, 5) is 47.9. The second-order valence-corrected chi connectivity index (χ2v) is 24.3. The number of rotatable bonds is 9. The highest BCUT2D eigenvalue weighted by molar-refractivity contribution is 6.38. The van der Waals surface area contributed by atoms with Crippen LogP contribution in [0.2, 0.25) is 0 Å². The summed E-state index contributed by atoms with van der Waals surface area (Å²) >= 11 is 18.8. The SMILES string of the molecule is CC(C)(C)C(=O)c1ccc(C2(C)CC(C)(C)c3cc(C(=O)C(C)(C)Cl)ccc32)cc1.CC(C)(Cl)C(=O)c1ccc(C2(C)CC(C)(C)c3ccc(C(=O)C(C)(C)Cl)cc32)cc1. The monoisotopic (exact) mass is 868 g/mol. The molecule has 4 aromatic rings. The Morgan fingerprint density at radius 3 is 1.08 bits per heavy atom. The van der Waals surface area contributed by atoms with Crippen molar-refractivity contribution in [2.45, 2.75) is 153 Å². The Bertz CT molecular complexity index is 2340. The summed E-state index contributed by atoms with van der Waals surface area (Å²) in [6.45, 7) is 29.6. The molecule has 0 saturated heterocycles. The summed E-state index contributed by atoms with van der Waals surface area (Å²) in [6.07, 6.45) is 1.84. The summed E-state index contributed by atoms with van der Waals surface area (Å²) < 4.78 is 0. The fourth-order valence-electron chi connectivity index (χ4n) is 9.56. The number of ketones is 4. The molecule has 0 aliphatic heterocycles. The zero-order valence-corrected chi connectivity index (χ0v) is 40.5. The van der Waals surface area contributed by atoms with Crippen molar-refractivity contribution in [1.82, 2.24) is 0 Å². The van der Waals surface area contributed by atoms with Gasteiger partial charge in [-0.05, 0) is 111 Å². The van der Waals surface area contributed by atoms with Crippen LogP contribution in [0.1, 0.15) is 192 Å². The van der Waals surface area contributed by atoms with Gasteiger partial charge in [-0.3, -0.25) is 19.2 Å². The van der Waals surface area contributed by atoms with E-state index in [4.69, 9.17) is 34.8 Å². The highest BCUT2D eigenvalue weighted by Crippen LogP contribution is 2.54. The van der Waals surface area contributed by atoms with Crippen LogP contribution in [-0.2, 0) is 21.7 Å². The molecule has 60 heavy (non-hydrogen) atoms. The Balaban J connectivity index is 0.000000228. The zero-order valence-electron chi connectivity index (χ0n) is 38.3. The Labute approximate surface area is 374 Å². The van der Waals surface area contributed by atoms with Gasteiger partial charge in [0.15, 0.2) is 23.1 Å². The minimum Gasteiger partial charge on any atom is -0.294 e. The van der Waals surface area contributed by atoms with E-state index in [0.717, 1.165) is 29.5 Å². The van der Waals surface area contributed by atoms with Gasteiger partial charge in [-0.25, -0.2) is 0 Å². The van der Waals surface area contributed by atoms with E-state index in [2.05, 4.69) is 65.8 Å². The highest BCUT2D eigenvalue weighted by Gasteiger charge is 2.48. The average molecular weight is 870 g/mol. The highest BCUT2D eigenvalue weighted by atomic mass is 35.5. The van der Waals surface area contributed by atoms with Gasteiger partial charge < -0.3 is 0 Å². The molecule has 6 rings (SSSR count). The number of alkyl halides is 3. The van der Waals surface area contributed by atoms with Crippen molar-refractivity contribution in [1.29, 1.82) is 0 Å². The molecular weight excluding hydrogens is 807 g/mol. The molecule has 2 unspecified atom stereocenters. The third-order valence-corrected chi connectivity index (χ3v) is 13.2. The first-order valence-electron chi connectivity index (χ1n) is 20.9. The van der Waals surface area contributed by atoms with Crippen LogP contribution in [0.25, 0.3) is 0 Å². The number of Topliss-reactive ketones (excluding diaryl/α,β-unsaturated/α-hetero) is 4. The number of fused-ring (bicyclic) bond motifs is 2. The normalized spacial score (nSPS) is 20.7. The van der Waals surface area contributed by atoms with E-state index in [1.165, 1.54) is 22.3 Å². The summed E-state index contributed by atoms with van der Waals surface area (Å²) in [6, 6.07) is 27.8. The lowest BCUT2D eigenvalue weighted by Gasteiger charge is -2.29. The van der Waals surface area contributed by atoms with Crippen molar-refractivity contribution in [2.75, 3.05) is 0 Å². The van der Waals surface area contributed by atoms with E-state index >= 15 is 0 Å². The van der Waals surface area contributed by atoms with Crippen LogP contribution in [0.15, 0.2) is 84.9 Å². The van der Waals surface area contributed by atoms with Gasteiger partial charge in [0.1, 0.15) is 14.6 Å². The number of halogens is 3. The topological polar surface area (TPSA) is 68.3 Å². The van der Waals surface area contributed by atoms with E-state index in [1.807, 2.05) is 81.4 Å². The maximum absolute atomic E-state index is 12.8. The van der Waals surface area contributed by atoms with Crippen molar-refractivity contribution in [2.24, 2.45) is 5.41 Å². The van der Waals surface area contributed by atoms with Gasteiger partial charge >= 0.3 is 0 Å². The number of hydrogen-bond donors (Lipinski definition) is 0. The van der Waals surface area contributed by atoms with Gasteiger partial charge in [0.2, 0.25) is 0 Å². The van der Waals surface area contributed by atoms with E-state index in [9.17, 15) is 19.2 Å². The number of carbonyl (C=O) groups excluding carboxylic acids is 4. The van der Waals surface area contributed by atoms with E-state index in [0.29, 0.717) is 16.7 Å². The molecule has 0 amide bonds. The van der Waals surface area contributed by atoms with Crippen molar-refractivity contribution in [3.8, 4) is 0 Å². The van der Waals surface area contributed by atoms with Gasteiger partial charge in [0.05, 0.1) is 0 Å².